The Morgan fingerprint density at radius 2 is 1.89 bits per heavy atom. The van der Waals surface area contributed by atoms with Gasteiger partial charge in [-0.3, -0.25) is 14.4 Å². The summed E-state index contributed by atoms with van der Waals surface area (Å²) < 4.78 is 0.736. The molecular formula is C36H41BrN4O5. The minimum Gasteiger partial charge on any atom is -0.395 e. The van der Waals surface area contributed by atoms with Gasteiger partial charge in [0.1, 0.15) is 0 Å². The topological polar surface area (TPSA) is 122 Å². The standard InChI is InChI=1S/C36H41BrN4O5/c1-25(7-5-11-33(43)40(19-20-42)23-26-8-3-2-4-9-26)36(46)31-21-29(37)14-17-32(31)41(35(36)45)24-27-12-15-30(16-13-27)39-34(44)28-10-6-18-38-22-28/h2-5,7-9,12-17,21,25,28,38,42,46H,6,10-11,18-20,22-24H2,1H3,(H,39,44)/b7-5+/t25-,28?,36+/m0/s1. The summed E-state index contributed by atoms with van der Waals surface area (Å²) in [5.41, 5.74) is 1.78. The van der Waals surface area contributed by atoms with Crippen LogP contribution in [0.5, 0.6) is 0 Å². The number of nitrogens with zero attached hydrogens (tertiary/aromatic N) is 2. The average Bonchev–Trinajstić information content (AvgIpc) is 3.28. The van der Waals surface area contributed by atoms with Gasteiger partial charge in [-0.15, -0.1) is 0 Å². The summed E-state index contributed by atoms with van der Waals surface area (Å²) in [6.07, 6.45) is 5.31. The van der Waals surface area contributed by atoms with Gasteiger partial charge in [0.05, 0.1) is 24.8 Å². The van der Waals surface area contributed by atoms with Crippen LogP contribution in [0.2, 0.25) is 0 Å². The molecule has 46 heavy (non-hydrogen) atoms. The van der Waals surface area contributed by atoms with E-state index in [1.165, 1.54) is 0 Å². The van der Waals surface area contributed by atoms with Crippen molar-refractivity contribution in [2.24, 2.45) is 11.8 Å². The lowest BCUT2D eigenvalue weighted by Gasteiger charge is -2.28. The van der Waals surface area contributed by atoms with Crippen LogP contribution in [0.15, 0.2) is 89.4 Å². The molecule has 0 saturated carbocycles. The van der Waals surface area contributed by atoms with Gasteiger partial charge in [-0.1, -0.05) is 77.5 Å². The van der Waals surface area contributed by atoms with Gasteiger partial charge in [-0.25, -0.2) is 0 Å². The largest absolute Gasteiger partial charge is 0.395 e. The summed E-state index contributed by atoms with van der Waals surface area (Å²) >= 11 is 3.49. The average molecular weight is 690 g/mol. The molecule has 0 aromatic heterocycles. The predicted molar refractivity (Wildman–Crippen MR) is 182 cm³/mol. The van der Waals surface area contributed by atoms with E-state index in [4.69, 9.17) is 0 Å². The van der Waals surface area contributed by atoms with E-state index < -0.39 is 17.4 Å². The van der Waals surface area contributed by atoms with Crippen LogP contribution in [-0.4, -0.2) is 59.1 Å². The first-order valence-electron chi connectivity index (χ1n) is 15.7. The molecule has 4 N–H and O–H groups in total. The van der Waals surface area contributed by atoms with Crippen molar-refractivity contribution in [3.63, 3.8) is 0 Å². The number of aliphatic hydroxyl groups excluding tert-OH is 1. The quantitative estimate of drug-likeness (QED) is 0.204. The first-order chi connectivity index (χ1) is 22.2. The van der Waals surface area contributed by atoms with Gasteiger partial charge in [0.15, 0.2) is 5.60 Å². The molecule has 3 aromatic rings. The van der Waals surface area contributed by atoms with Gasteiger partial charge < -0.3 is 30.6 Å². The van der Waals surface area contributed by atoms with Gasteiger partial charge in [0, 0.05) is 47.7 Å². The first-order valence-corrected chi connectivity index (χ1v) is 16.5. The molecule has 1 saturated heterocycles. The van der Waals surface area contributed by atoms with Crippen molar-refractivity contribution in [1.82, 2.24) is 10.2 Å². The number of hydrogen-bond donors (Lipinski definition) is 4. The third-order valence-electron chi connectivity index (χ3n) is 8.78. The lowest BCUT2D eigenvalue weighted by molar-refractivity contribution is -0.139. The molecule has 1 unspecified atom stereocenters. The number of piperidine rings is 1. The Morgan fingerprint density at radius 3 is 2.59 bits per heavy atom. The Kier molecular flexibility index (Phi) is 11.1. The molecule has 3 atom stereocenters. The maximum Gasteiger partial charge on any atom is 0.264 e. The lowest BCUT2D eigenvalue weighted by Crippen LogP contribution is -2.44. The van der Waals surface area contributed by atoms with Crippen molar-refractivity contribution in [2.75, 3.05) is 36.5 Å². The number of aliphatic hydroxyl groups is 2. The van der Waals surface area contributed by atoms with Gasteiger partial charge >= 0.3 is 0 Å². The van der Waals surface area contributed by atoms with Gasteiger partial charge in [0.2, 0.25) is 11.8 Å². The van der Waals surface area contributed by atoms with Gasteiger partial charge in [-0.05, 0) is 60.8 Å². The van der Waals surface area contributed by atoms with E-state index in [0.29, 0.717) is 30.0 Å². The zero-order valence-corrected chi connectivity index (χ0v) is 27.6. The maximum absolute atomic E-state index is 14.0. The van der Waals surface area contributed by atoms with E-state index in [2.05, 4.69) is 26.6 Å². The fraction of sp³-hybridized carbons (Fsp3) is 0.361. The second-order valence-corrected chi connectivity index (χ2v) is 12.9. The van der Waals surface area contributed by atoms with E-state index in [-0.39, 0.29) is 43.8 Å². The highest BCUT2D eigenvalue weighted by molar-refractivity contribution is 9.10. The highest BCUT2D eigenvalue weighted by Crippen LogP contribution is 2.46. The molecule has 3 amide bonds. The fourth-order valence-electron chi connectivity index (χ4n) is 6.13. The molecular weight excluding hydrogens is 648 g/mol. The van der Waals surface area contributed by atoms with Crippen LogP contribution in [0.1, 0.15) is 42.9 Å². The summed E-state index contributed by atoms with van der Waals surface area (Å²) in [5, 5.41) is 27.8. The van der Waals surface area contributed by atoms with Crippen LogP contribution in [0, 0.1) is 11.8 Å². The van der Waals surface area contributed by atoms with E-state index >= 15 is 0 Å². The maximum atomic E-state index is 14.0. The number of benzene rings is 3. The molecule has 3 aromatic carbocycles. The second kappa shape index (κ2) is 15.2. The molecule has 0 bridgehead atoms. The minimum absolute atomic E-state index is 0.000260. The van der Waals surface area contributed by atoms with Gasteiger partial charge in [0.25, 0.3) is 5.91 Å². The monoisotopic (exact) mass is 688 g/mol. The van der Waals surface area contributed by atoms with Crippen LogP contribution in [0.25, 0.3) is 0 Å². The van der Waals surface area contributed by atoms with Crippen molar-refractivity contribution in [3.8, 4) is 0 Å². The van der Waals surface area contributed by atoms with Crippen LogP contribution >= 0.6 is 15.9 Å². The fourth-order valence-corrected chi connectivity index (χ4v) is 6.49. The van der Waals surface area contributed by atoms with Gasteiger partial charge in [-0.2, -0.15) is 0 Å². The third-order valence-corrected chi connectivity index (χ3v) is 9.27. The number of carbonyl (C=O) groups excluding carboxylic acids is 3. The molecule has 2 aliphatic rings. The predicted octanol–water partition coefficient (Wildman–Crippen LogP) is 4.73. The molecule has 2 heterocycles. The van der Waals surface area contributed by atoms with Crippen molar-refractivity contribution in [2.45, 2.75) is 44.9 Å². The lowest BCUT2D eigenvalue weighted by atomic mass is 9.83. The Balaban J connectivity index is 1.27. The van der Waals surface area contributed by atoms with Crippen molar-refractivity contribution < 1.29 is 24.6 Å². The molecule has 0 aliphatic carbocycles. The summed E-state index contributed by atoms with van der Waals surface area (Å²) in [7, 11) is 0. The van der Waals surface area contributed by atoms with Crippen molar-refractivity contribution in [1.29, 1.82) is 0 Å². The number of anilines is 2. The van der Waals surface area contributed by atoms with Crippen molar-refractivity contribution >= 4 is 45.0 Å². The number of carbonyl (C=O) groups is 3. The van der Waals surface area contributed by atoms with E-state index in [0.717, 1.165) is 35.0 Å². The first kappa shape index (κ1) is 33.5. The second-order valence-electron chi connectivity index (χ2n) is 12.0. The van der Waals surface area contributed by atoms with Crippen LogP contribution < -0.4 is 15.5 Å². The van der Waals surface area contributed by atoms with Crippen LogP contribution in [0.4, 0.5) is 11.4 Å². The summed E-state index contributed by atoms with van der Waals surface area (Å²) in [5.74, 6) is -1.30. The van der Waals surface area contributed by atoms with E-state index in [9.17, 15) is 24.6 Å². The number of amides is 3. The Bertz CT molecular complexity index is 1560. The minimum atomic E-state index is -1.84. The molecule has 10 heteroatoms. The normalized spacial score (nSPS) is 20.0. The molecule has 2 aliphatic heterocycles. The van der Waals surface area contributed by atoms with E-state index in [1.807, 2.05) is 66.7 Å². The Morgan fingerprint density at radius 1 is 1.13 bits per heavy atom. The third kappa shape index (κ3) is 7.58. The van der Waals surface area contributed by atoms with E-state index in [1.54, 1.807) is 34.9 Å². The molecule has 5 rings (SSSR count). The zero-order chi connectivity index (χ0) is 32.7. The SMILES string of the molecule is C[C@@H](/C=C/CC(=O)N(CCO)Cc1ccccc1)[C@]1(O)C(=O)N(Cc2ccc(NC(=O)C3CCCNC3)cc2)c2ccc(Br)cc21. The highest BCUT2D eigenvalue weighted by atomic mass is 79.9. The number of hydrogen-bond acceptors (Lipinski definition) is 6. The summed E-state index contributed by atoms with van der Waals surface area (Å²) in [6, 6.07) is 22.4. The highest BCUT2D eigenvalue weighted by Gasteiger charge is 2.52. The Labute approximate surface area is 278 Å². The van der Waals surface area contributed by atoms with Crippen LogP contribution in [0.3, 0.4) is 0 Å². The number of halogens is 1. The molecule has 0 spiro atoms. The number of rotatable bonds is 12. The summed E-state index contributed by atoms with van der Waals surface area (Å²) in [4.78, 5) is 42.9. The molecule has 242 valence electrons. The summed E-state index contributed by atoms with van der Waals surface area (Å²) in [6.45, 7) is 4.07. The Hall–Kier alpha value is -3.83. The molecule has 0 radical (unpaired) electrons. The number of fused-ring (bicyclic) bond motifs is 1. The molecule has 9 nitrogen and oxygen atoms in total. The number of nitrogens with one attached hydrogen (secondary N) is 2. The van der Waals surface area contributed by atoms with Crippen LogP contribution in [-0.2, 0) is 33.1 Å². The molecule has 1 fully saturated rings. The zero-order valence-electron chi connectivity index (χ0n) is 26.0. The smallest absolute Gasteiger partial charge is 0.264 e. The van der Waals surface area contributed by atoms with Crippen molar-refractivity contribution in [3.05, 3.63) is 106 Å².